The van der Waals surface area contributed by atoms with Gasteiger partial charge in [-0.25, -0.2) is 4.79 Å². The molecule has 1 aromatic rings. The average molecular weight is 244 g/mol. The van der Waals surface area contributed by atoms with Crippen molar-refractivity contribution < 1.29 is 40.2 Å². The summed E-state index contributed by atoms with van der Waals surface area (Å²) < 4.78 is 0. The number of carbonyl (C=O) groups excluding carboxylic acids is 1. The Morgan fingerprint density at radius 3 is 2.00 bits per heavy atom. The van der Waals surface area contributed by atoms with E-state index < -0.39 is 46.4 Å². The maximum atomic E-state index is 11.3. The number of carbonyl (C=O) groups is 2. The third-order valence-electron chi connectivity index (χ3n) is 1.98. The van der Waals surface area contributed by atoms with Crippen molar-refractivity contribution in [2.24, 2.45) is 0 Å². The number of aliphatic hydroxyl groups is 1. The molecule has 0 amide bonds. The molecule has 0 fully saturated rings. The predicted octanol–water partition coefficient (Wildman–Crippen LogP) is -0.863. The number of benzene rings is 1. The van der Waals surface area contributed by atoms with Crippen molar-refractivity contribution in [1.82, 2.24) is 0 Å². The molecule has 0 radical (unpaired) electrons. The first-order valence-electron chi connectivity index (χ1n) is 4.19. The number of aliphatic carboxylic acids is 1. The fourth-order valence-corrected chi connectivity index (χ4v) is 1.08. The SMILES string of the molecule is O=C(O)C(O)C(=O)c1cc(O)c(O)c(O)c1O. The minimum absolute atomic E-state index is 0.527. The van der Waals surface area contributed by atoms with Gasteiger partial charge in [-0.2, -0.15) is 0 Å². The van der Waals surface area contributed by atoms with Crippen molar-refractivity contribution in [3.63, 3.8) is 0 Å². The Balaban J connectivity index is 3.34. The topological polar surface area (TPSA) is 156 Å². The van der Waals surface area contributed by atoms with Crippen molar-refractivity contribution in [3.8, 4) is 23.0 Å². The summed E-state index contributed by atoms with van der Waals surface area (Å²) in [6.45, 7) is 0. The van der Waals surface area contributed by atoms with Crippen LogP contribution in [0.3, 0.4) is 0 Å². The highest BCUT2D eigenvalue weighted by Crippen LogP contribution is 2.44. The standard InChI is InChI=1S/C9H8O8/c10-3-1-2(4(11)7(14)6(3)13)5(12)8(15)9(16)17/h1,8,10-11,13-15H,(H,16,17). The molecule has 0 aliphatic heterocycles. The van der Waals surface area contributed by atoms with E-state index in [-0.39, 0.29) is 0 Å². The van der Waals surface area contributed by atoms with Crippen LogP contribution in [0.25, 0.3) is 0 Å². The number of aromatic hydroxyl groups is 4. The van der Waals surface area contributed by atoms with E-state index in [1.165, 1.54) is 0 Å². The van der Waals surface area contributed by atoms with Crippen LogP contribution >= 0.6 is 0 Å². The highest BCUT2D eigenvalue weighted by Gasteiger charge is 2.29. The second-order valence-corrected chi connectivity index (χ2v) is 3.09. The van der Waals surface area contributed by atoms with E-state index in [9.17, 15) is 14.7 Å². The molecule has 6 N–H and O–H groups in total. The lowest BCUT2D eigenvalue weighted by Crippen LogP contribution is -2.29. The lowest BCUT2D eigenvalue weighted by molar-refractivity contribution is -0.143. The smallest absolute Gasteiger partial charge is 0.340 e. The van der Waals surface area contributed by atoms with E-state index in [0.29, 0.717) is 6.07 Å². The maximum absolute atomic E-state index is 11.3. The Hall–Kier alpha value is -2.48. The number of aliphatic hydroxyl groups excluding tert-OH is 1. The van der Waals surface area contributed by atoms with Gasteiger partial charge in [0.05, 0.1) is 5.56 Å². The molecule has 1 rings (SSSR count). The molecule has 0 saturated heterocycles. The Morgan fingerprint density at radius 1 is 1.00 bits per heavy atom. The van der Waals surface area contributed by atoms with Gasteiger partial charge in [0.1, 0.15) is 0 Å². The molecule has 92 valence electrons. The fourth-order valence-electron chi connectivity index (χ4n) is 1.08. The molecular formula is C9H8O8. The molecule has 0 bridgehead atoms. The Bertz CT molecular complexity index is 492. The van der Waals surface area contributed by atoms with Gasteiger partial charge >= 0.3 is 5.97 Å². The first kappa shape index (κ1) is 12.6. The summed E-state index contributed by atoms with van der Waals surface area (Å²) in [4.78, 5) is 21.7. The van der Waals surface area contributed by atoms with Crippen LogP contribution in [0.15, 0.2) is 6.07 Å². The highest BCUT2D eigenvalue weighted by molar-refractivity contribution is 6.12. The number of ketones is 1. The van der Waals surface area contributed by atoms with Gasteiger partial charge in [0, 0.05) is 0 Å². The summed E-state index contributed by atoms with van der Waals surface area (Å²) in [7, 11) is 0. The molecule has 0 heterocycles. The van der Waals surface area contributed by atoms with Gasteiger partial charge < -0.3 is 30.6 Å². The molecule has 1 atom stereocenters. The van der Waals surface area contributed by atoms with E-state index in [2.05, 4.69) is 0 Å². The van der Waals surface area contributed by atoms with Crippen LogP contribution in [0.1, 0.15) is 10.4 Å². The number of Topliss-reactive ketones (excluding diaryl/α,β-unsaturated/α-hetero) is 1. The van der Waals surface area contributed by atoms with Crippen LogP contribution in [0.4, 0.5) is 0 Å². The van der Waals surface area contributed by atoms with Crippen molar-refractivity contribution in [2.75, 3.05) is 0 Å². The summed E-state index contributed by atoms with van der Waals surface area (Å²) in [5, 5.41) is 53.7. The molecule has 0 aliphatic rings. The summed E-state index contributed by atoms with van der Waals surface area (Å²) in [6, 6.07) is 0.527. The monoisotopic (exact) mass is 244 g/mol. The number of hydrogen-bond donors (Lipinski definition) is 6. The first-order chi connectivity index (χ1) is 7.77. The zero-order chi connectivity index (χ0) is 13.3. The Morgan fingerprint density at radius 2 is 1.53 bits per heavy atom. The highest BCUT2D eigenvalue weighted by atomic mass is 16.4. The normalized spacial score (nSPS) is 12.1. The van der Waals surface area contributed by atoms with Crippen LogP contribution in [-0.2, 0) is 4.79 Å². The molecule has 0 saturated carbocycles. The molecule has 0 aliphatic carbocycles. The van der Waals surface area contributed by atoms with Crippen molar-refractivity contribution in [1.29, 1.82) is 0 Å². The number of phenols is 4. The van der Waals surface area contributed by atoms with Crippen LogP contribution in [0.5, 0.6) is 23.0 Å². The predicted molar refractivity (Wildman–Crippen MR) is 51.1 cm³/mol. The number of rotatable bonds is 3. The lowest BCUT2D eigenvalue weighted by Gasteiger charge is -2.10. The molecule has 17 heavy (non-hydrogen) atoms. The fraction of sp³-hybridized carbons (Fsp3) is 0.111. The van der Waals surface area contributed by atoms with Crippen molar-refractivity contribution in [2.45, 2.75) is 6.10 Å². The molecule has 1 unspecified atom stereocenters. The van der Waals surface area contributed by atoms with Crippen molar-refractivity contribution >= 4 is 11.8 Å². The first-order valence-corrected chi connectivity index (χ1v) is 4.19. The van der Waals surface area contributed by atoms with Gasteiger partial charge in [0.2, 0.25) is 23.4 Å². The largest absolute Gasteiger partial charge is 0.504 e. The second kappa shape index (κ2) is 4.18. The lowest BCUT2D eigenvalue weighted by atomic mass is 10.0. The molecular weight excluding hydrogens is 236 g/mol. The van der Waals surface area contributed by atoms with Crippen LogP contribution in [0, 0.1) is 0 Å². The van der Waals surface area contributed by atoms with Gasteiger partial charge in [0.25, 0.3) is 0 Å². The average Bonchev–Trinajstić information content (AvgIpc) is 2.29. The maximum Gasteiger partial charge on any atom is 0.340 e. The zero-order valence-corrected chi connectivity index (χ0v) is 8.15. The molecule has 8 heteroatoms. The zero-order valence-electron chi connectivity index (χ0n) is 8.15. The van der Waals surface area contributed by atoms with E-state index in [1.54, 1.807) is 0 Å². The van der Waals surface area contributed by atoms with Gasteiger partial charge in [0.15, 0.2) is 11.5 Å². The Kier molecular flexibility index (Phi) is 3.09. The molecule has 0 spiro atoms. The summed E-state index contributed by atoms with van der Waals surface area (Å²) in [6.07, 6.45) is -2.45. The quantitative estimate of drug-likeness (QED) is 0.173. The van der Waals surface area contributed by atoms with E-state index >= 15 is 0 Å². The minimum atomic E-state index is -2.45. The van der Waals surface area contributed by atoms with Crippen LogP contribution in [0.2, 0.25) is 0 Å². The minimum Gasteiger partial charge on any atom is -0.504 e. The summed E-state index contributed by atoms with van der Waals surface area (Å²) >= 11 is 0. The van der Waals surface area contributed by atoms with Gasteiger partial charge in [-0.1, -0.05) is 0 Å². The summed E-state index contributed by atoms with van der Waals surface area (Å²) in [5.41, 5.74) is -0.826. The molecule has 8 nitrogen and oxygen atoms in total. The third-order valence-corrected chi connectivity index (χ3v) is 1.98. The number of carboxylic acids is 1. The molecule has 0 aromatic heterocycles. The van der Waals surface area contributed by atoms with Gasteiger partial charge in [-0.15, -0.1) is 0 Å². The van der Waals surface area contributed by atoms with Crippen molar-refractivity contribution in [3.05, 3.63) is 11.6 Å². The Labute approximate surface area is 93.6 Å². The molecule has 1 aromatic carbocycles. The van der Waals surface area contributed by atoms with Crippen LogP contribution < -0.4 is 0 Å². The van der Waals surface area contributed by atoms with Gasteiger partial charge in [-0.3, -0.25) is 4.79 Å². The number of carboxylic acid groups (broad SMARTS) is 1. The van der Waals surface area contributed by atoms with E-state index in [0.717, 1.165) is 0 Å². The number of hydrogen-bond acceptors (Lipinski definition) is 7. The second-order valence-electron chi connectivity index (χ2n) is 3.09. The van der Waals surface area contributed by atoms with Gasteiger partial charge in [-0.05, 0) is 6.07 Å². The number of phenolic OH excluding ortho intramolecular Hbond substituents is 4. The third kappa shape index (κ3) is 2.06. The van der Waals surface area contributed by atoms with E-state index in [4.69, 9.17) is 25.5 Å². The van der Waals surface area contributed by atoms with Crippen LogP contribution in [-0.4, -0.2) is 48.5 Å². The summed E-state index contributed by atoms with van der Waals surface area (Å²) in [5.74, 6) is -7.64. The van der Waals surface area contributed by atoms with E-state index in [1.807, 2.05) is 0 Å².